The van der Waals surface area contributed by atoms with Gasteiger partial charge in [-0.3, -0.25) is 9.58 Å². The zero-order chi connectivity index (χ0) is 21.2. The van der Waals surface area contributed by atoms with E-state index in [2.05, 4.69) is 51.0 Å². The summed E-state index contributed by atoms with van der Waals surface area (Å²) in [4.78, 5) is 5.15. The van der Waals surface area contributed by atoms with Crippen LogP contribution in [0.2, 0.25) is 5.02 Å². The highest BCUT2D eigenvalue weighted by molar-refractivity contribution is 6.30. The van der Waals surface area contributed by atoms with Crippen LogP contribution < -0.4 is 9.64 Å². The Balaban J connectivity index is 1.17. The van der Waals surface area contributed by atoms with Crippen molar-refractivity contribution in [3.05, 3.63) is 65.8 Å². The first-order valence-electron chi connectivity index (χ1n) is 11.1. The SMILES string of the molecule is COc1ccc(-c2ccn([C@@H]3CC[C@H](N4CCN(c5ccc(Cl)cc5)CC4)C3)n2)cc1. The number of benzene rings is 2. The summed E-state index contributed by atoms with van der Waals surface area (Å²) >= 11 is 6.03. The van der Waals surface area contributed by atoms with Gasteiger partial charge in [0, 0.05) is 54.7 Å². The summed E-state index contributed by atoms with van der Waals surface area (Å²) in [5.41, 5.74) is 3.44. The number of halogens is 1. The highest BCUT2D eigenvalue weighted by Gasteiger charge is 2.32. The van der Waals surface area contributed by atoms with E-state index in [0.717, 1.165) is 48.2 Å². The van der Waals surface area contributed by atoms with Crippen LogP contribution in [0.3, 0.4) is 0 Å². The number of hydrogen-bond donors (Lipinski definition) is 0. The predicted octanol–water partition coefficient (Wildman–Crippen LogP) is 5.13. The molecule has 2 heterocycles. The topological polar surface area (TPSA) is 33.5 Å². The van der Waals surface area contributed by atoms with Crippen LogP contribution in [-0.2, 0) is 0 Å². The minimum absolute atomic E-state index is 0.492. The molecule has 2 aromatic carbocycles. The molecule has 1 aliphatic carbocycles. The maximum atomic E-state index is 6.03. The molecule has 0 spiro atoms. The number of nitrogens with zero attached hydrogens (tertiary/aromatic N) is 4. The quantitative estimate of drug-likeness (QED) is 0.555. The molecule has 6 heteroatoms. The van der Waals surface area contributed by atoms with E-state index in [1.165, 1.54) is 24.9 Å². The van der Waals surface area contributed by atoms with Crippen molar-refractivity contribution in [3.63, 3.8) is 0 Å². The zero-order valence-corrected chi connectivity index (χ0v) is 18.7. The molecule has 5 rings (SSSR count). The second-order valence-electron chi connectivity index (χ2n) is 8.53. The van der Waals surface area contributed by atoms with Crippen molar-refractivity contribution in [2.45, 2.75) is 31.3 Å². The lowest BCUT2D eigenvalue weighted by molar-refractivity contribution is 0.183. The number of rotatable bonds is 5. The first-order chi connectivity index (χ1) is 15.2. The summed E-state index contributed by atoms with van der Waals surface area (Å²) in [6.07, 6.45) is 5.78. The average molecular weight is 437 g/mol. The van der Waals surface area contributed by atoms with Crippen molar-refractivity contribution in [1.82, 2.24) is 14.7 Å². The maximum absolute atomic E-state index is 6.03. The molecular weight excluding hydrogens is 408 g/mol. The van der Waals surface area contributed by atoms with Crippen LogP contribution >= 0.6 is 11.6 Å². The molecule has 5 nitrogen and oxygen atoms in total. The molecule has 2 aliphatic rings. The number of ether oxygens (including phenoxy) is 1. The van der Waals surface area contributed by atoms with Gasteiger partial charge in [-0.05, 0) is 73.9 Å². The lowest BCUT2D eigenvalue weighted by atomic mass is 10.1. The first kappa shape index (κ1) is 20.4. The van der Waals surface area contributed by atoms with Crippen molar-refractivity contribution < 1.29 is 4.74 Å². The van der Waals surface area contributed by atoms with Crippen LogP contribution in [0.1, 0.15) is 25.3 Å². The molecule has 2 atom stereocenters. The van der Waals surface area contributed by atoms with Gasteiger partial charge in [-0.2, -0.15) is 5.10 Å². The van der Waals surface area contributed by atoms with Gasteiger partial charge in [-0.25, -0.2) is 0 Å². The van der Waals surface area contributed by atoms with E-state index in [9.17, 15) is 0 Å². The Morgan fingerprint density at radius 1 is 0.871 bits per heavy atom. The van der Waals surface area contributed by atoms with Gasteiger partial charge in [0.15, 0.2) is 0 Å². The van der Waals surface area contributed by atoms with Gasteiger partial charge >= 0.3 is 0 Å². The summed E-state index contributed by atoms with van der Waals surface area (Å²) < 4.78 is 7.44. The Labute approximate surface area is 189 Å². The molecule has 0 radical (unpaired) electrons. The summed E-state index contributed by atoms with van der Waals surface area (Å²) in [5, 5.41) is 5.69. The van der Waals surface area contributed by atoms with Crippen LogP contribution in [0.15, 0.2) is 60.8 Å². The van der Waals surface area contributed by atoms with Gasteiger partial charge in [0.25, 0.3) is 0 Å². The molecule has 3 aromatic rings. The maximum Gasteiger partial charge on any atom is 0.118 e. The summed E-state index contributed by atoms with van der Waals surface area (Å²) in [5.74, 6) is 0.873. The molecule has 1 aromatic heterocycles. The normalized spacial score (nSPS) is 22.1. The third kappa shape index (κ3) is 4.43. The largest absolute Gasteiger partial charge is 0.497 e. The second-order valence-corrected chi connectivity index (χ2v) is 8.97. The third-order valence-corrected chi connectivity index (χ3v) is 7.02. The molecular formula is C25H29ClN4O. The van der Waals surface area contributed by atoms with Gasteiger partial charge < -0.3 is 9.64 Å². The first-order valence-corrected chi connectivity index (χ1v) is 11.5. The van der Waals surface area contributed by atoms with E-state index < -0.39 is 0 Å². The number of anilines is 1. The fourth-order valence-electron chi connectivity index (χ4n) is 4.96. The Hall–Kier alpha value is -2.50. The molecule has 0 N–H and O–H groups in total. The van der Waals surface area contributed by atoms with Crippen molar-refractivity contribution in [2.24, 2.45) is 0 Å². The van der Waals surface area contributed by atoms with E-state index in [1.54, 1.807) is 7.11 Å². The predicted molar refractivity (Wildman–Crippen MR) is 126 cm³/mol. The molecule has 1 aliphatic heterocycles. The van der Waals surface area contributed by atoms with E-state index >= 15 is 0 Å². The van der Waals surface area contributed by atoms with Crippen molar-refractivity contribution in [1.29, 1.82) is 0 Å². The van der Waals surface area contributed by atoms with E-state index in [0.29, 0.717) is 12.1 Å². The Morgan fingerprint density at radius 2 is 1.58 bits per heavy atom. The summed E-state index contributed by atoms with van der Waals surface area (Å²) in [6.45, 7) is 4.39. The number of hydrogen-bond acceptors (Lipinski definition) is 4. The zero-order valence-electron chi connectivity index (χ0n) is 18.0. The van der Waals surface area contributed by atoms with Gasteiger partial charge in [0.05, 0.1) is 18.8 Å². The van der Waals surface area contributed by atoms with E-state index in [4.69, 9.17) is 21.4 Å². The van der Waals surface area contributed by atoms with Gasteiger partial charge in [-0.15, -0.1) is 0 Å². The summed E-state index contributed by atoms with van der Waals surface area (Å²) in [7, 11) is 1.69. The van der Waals surface area contributed by atoms with Crippen LogP contribution in [0.25, 0.3) is 11.3 Å². The molecule has 31 heavy (non-hydrogen) atoms. The lowest BCUT2D eigenvalue weighted by Crippen LogP contribution is -2.49. The fourth-order valence-corrected chi connectivity index (χ4v) is 5.09. The van der Waals surface area contributed by atoms with Gasteiger partial charge in [0.2, 0.25) is 0 Å². The Bertz CT molecular complexity index is 993. The molecule has 1 saturated carbocycles. The van der Waals surface area contributed by atoms with Crippen LogP contribution in [0.5, 0.6) is 5.75 Å². The lowest BCUT2D eigenvalue weighted by Gasteiger charge is -2.39. The van der Waals surface area contributed by atoms with Crippen molar-refractivity contribution >= 4 is 17.3 Å². The monoisotopic (exact) mass is 436 g/mol. The number of piperazine rings is 1. The van der Waals surface area contributed by atoms with Crippen LogP contribution in [0, 0.1) is 0 Å². The minimum Gasteiger partial charge on any atom is -0.497 e. The van der Waals surface area contributed by atoms with Gasteiger partial charge in [-0.1, -0.05) is 11.6 Å². The minimum atomic E-state index is 0.492. The highest BCUT2D eigenvalue weighted by atomic mass is 35.5. The van der Waals surface area contributed by atoms with Crippen molar-refractivity contribution in [3.8, 4) is 17.0 Å². The van der Waals surface area contributed by atoms with E-state index in [-0.39, 0.29) is 0 Å². The molecule has 162 valence electrons. The molecule has 2 fully saturated rings. The highest BCUT2D eigenvalue weighted by Crippen LogP contribution is 2.34. The smallest absolute Gasteiger partial charge is 0.118 e. The Kier molecular flexibility index (Phi) is 5.88. The average Bonchev–Trinajstić information content (AvgIpc) is 3.50. The molecule has 0 amide bonds. The Morgan fingerprint density at radius 3 is 2.29 bits per heavy atom. The van der Waals surface area contributed by atoms with Crippen molar-refractivity contribution in [2.75, 3.05) is 38.2 Å². The molecule has 0 bridgehead atoms. The summed E-state index contributed by atoms with van der Waals surface area (Å²) in [6, 6.07) is 19.6. The number of methoxy groups -OCH3 is 1. The molecule has 1 saturated heterocycles. The second kappa shape index (κ2) is 8.93. The molecule has 0 unspecified atom stereocenters. The van der Waals surface area contributed by atoms with Crippen LogP contribution in [0.4, 0.5) is 5.69 Å². The fraction of sp³-hybridized carbons (Fsp3) is 0.400. The van der Waals surface area contributed by atoms with Gasteiger partial charge in [0.1, 0.15) is 5.75 Å². The van der Waals surface area contributed by atoms with Crippen LogP contribution in [-0.4, -0.2) is 54.0 Å². The number of aromatic nitrogens is 2. The third-order valence-electron chi connectivity index (χ3n) is 6.77. The van der Waals surface area contributed by atoms with E-state index in [1.807, 2.05) is 24.3 Å². The standard InChI is InChI=1S/C25H29ClN4O/c1-31-24-10-2-19(3-11-24)25-12-13-30(27-25)23-9-8-22(18-23)29-16-14-28(15-17-29)21-6-4-20(26)5-7-21/h2-7,10-13,22-23H,8-9,14-18H2,1H3/t22-,23+/m0/s1.